The number of carbonyl (C=O) groups is 1. The lowest BCUT2D eigenvalue weighted by Crippen LogP contribution is -2.55. The summed E-state index contributed by atoms with van der Waals surface area (Å²) in [6.45, 7) is 4.44. The fraction of sp³-hybridized carbons (Fsp3) is 0.250. The third kappa shape index (κ3) is 2.47. The van der Waals surface area contributed by atoms with Gasteiger partial charge in [-0.05, 0) is 19.4 Å². The lowest BCUT2D eigenvalue weighted by atomic mass is 9.96. The van der Waals surface area contributed by atoms with Crippen molar-refractivity contribution < 1.29 is 4.79 Å². The molecule has 2 heterocycles. The van der Waals surface area contributed by atoms with E-state index in [4.69, 9.17) is 11.6 Å². The third-order valence-electron chi connectivity index (χ3n) is 3.80. The summed E-state index contributed by atoms with van der Waals surface area (Å²) in [5, 5.41) is 3.31. The Bertz CT molecular complexity index is 685. The maximum atomic E-state index is 12.4. The van der Waals surface area contributed by atoms with Crippen LogP contribution in [-0.2, 0) is 11.3 Å². The summed E-state index contributed by atoms with van der Waals surface area (Å²) in [7, 11) is 0. The minimum atomic E-state index is -0.659. The minimum Gasteiger partial charge on any atom is -0.351 e. The molecule has 0 fully saturated rings. The highest BCUT2D eigenvalue weighted by Crippen LogP contribution is 2.38. The van der Waals surface area contributed by atoms with Crippen molar-refractivity contribution in [1.82, 2.24) is 4.98 Å². The van der Waals surface area contributed by atoms with E-state index in [-0.39, 0.29) is 5.91 Å². The number of carbonyl (C=O) groups excluding carboxylic acids is 1. The zero-order valence-electron chi connectivity index (χ0n) is 11.9. The Morgan fingerprint density at radius 2 is 2.00 bits per heavy atom. The second-order valence-corrected chi connectivity index (χ2v) is 6.00. The number of amides is 1. The van der Waals surface area contributed by atoms with Gasteiger partial charge in [0.15, 0.2) is 0 Å². The molecule has 2 aromatic rings. The van der Waals surface area contributed by atoms with E-state index in [0.29, 0.717) is 17.4 Å². The first-order chi connectivity index (χ1) is 9.98. The highest BCUT2D eigenvalue weighted by molar-refractivity contribution is 6.30. The Morgan fingerprint density at radius 3 is 2.71 bits per heavy atom. The smallest absolute Gasteiger partial charge is 0.249 e. The lowest BCUT2D eigenvalue weighted by Gasteiger charge is -2.43. The van der Waals surface area contributed by atoms with Crippen LogP contribution in [0.3, 0.4) is 0 Å². The van der Waals surface area contributed by atoms with Crippen LogP contribution in [0.2, 0.25) is 5.15 Å². The summed E-state index contributed by atoms with van der Waals surface area (Å²) in [6, 6.07) is 11.9. The number of hydrogen-bond acceptors (Lipinski definition) is 3. The van der Waals surface area contributed by atoms with Gasteiger partial charge in [-0.1, -0.05) is 41.9 Å². The molecule has 0 saturated heterocycles. The van der Waals surface area contributed by atoms with Gasteiger partial charge in [-0.25, -0.2) is 4.98 Å². The van der Waals surface area contributed by atoms with Crippen molar-refractivity contribution in [2.75, 3.05) is 10.2 Å². The standard InChI is InChI=1S/C16H16ClN3O/c1-16(2)15(21)19-12-9-18-14(17)8-13(12)20(16)10-11-6-4-3-5-7-11/h3-9H,10H2,1-2H3,(H,19,21). The van der Waals surface area contributed by atoms with E-state index in [1.54, 1.807) is 12.3 Å². The molecule has 0 bridgehead atoms. The van der Waals surface area contributed by atoms with Crippen molar-refractivity contribution in [2.45, 2.75) is 25.9 Å². The summed E-state index contributed by atoms with van der Waals surface area (Å²) < 4.78 is 0. The van der Waals surface area contributed by atoms with Gasteiger partial charge < -0.3 is 10.2 Å². The van der Waals surface area contributed by atoms with Crippen LogP contribution >= 0.6 is 11.6 Å². The van der Waals surface area contributed by atoms with Crippen molar-refractivity contribution in [3.63, 3.8) is 0 Å². The summed E-state index contributed by atoms with van der Waals surface area (Å²) in [5.74, 6) is -0.0462. The summed E-state index contributed by atoms with van der Waals surface area (Å²) >= 11 is 6.02. The molecule has 3 rings (SSSR count). The summed E-state index contributed by atoms with van der Waals surface area (Å²) in [6.07, 6.45) is 1.60. The van der Waals surface area contributed by atoms with Crippen molar-refractivity contribution in [3.05, 3.63) is 53.3 Å². The van der Waals surface area contributed by atoms with Gasteiger partial charge >= 0.3 is 0 Å². The van der Waals surface area contributed by atoms with Crippen LogP contribution in [-0.4, -0.2) is 16.4 Å². The average Bonchev–Trinajstić information content (AvgIpc) is 2.46. The van der Waals surface area contributed by atoms with Gasteiger partial charge in [0.05, 0.1) is 17.6 Å². The number of nitrogens with zero attached hydrogens (tertiary/aromatic N) is 2. The van der Waals surface area contributed by atoms with Gasteiger partial charge in [0.1, 0.15) is 10.7 Å². The molecular weight excluding hydrogens is 286 g/mol. The van der Waals surface area contributed by atoms with E-state index in [1.165, 1.54) is 0 Å². The van der Waals surface area contributed by atoms with E-state index in [0.717, 1.165) is 11.3 Å². The Labute approximate surface area is 128 Å². The number of benzene rings is 1. The highest BCUT2D eigenvalue weighted by atomic mass is 35.5. The number of rotatable bonds is 2. The molecule has 1 aliphatic heterocycles. The molecule has 108 valence electrons. The molecule has 1 amide bonds. The number of halogens is 1. The number of anilines is 2. The van der Waals surface area contributed by atoms with Crippen LogP contribution in [0.15, 0.2) is 42.6 Å². The van der Waals surface area contributed by atoms with Gasteiger partial charge in [-0.3, -0.25) is 4.79 Å². The zero-order valence-corrected chi connectivity index (χ0v) is 12.7. The quantitative estimate of drug-likeness (QED) is 0.864. The van der Waals surface area contributed by atoms with Crippen LogP contribution in [0.25, 0.3) is 0 Å². The first-order valence-electron chi connectivity index (χ1n) is 6.77. The Balaban J connectivity index is 2.07. The fourth-order valence-electron chi connectivity index (χ4n) is 2.49. The van der Waals surface area contributed by atoms with Crippen LogP contribution in [0.4, 0.5) is 11.4 Å². The number of fused-ring (bicyclic) bond motifs is 1. The number of pyridine rings is 1. The van der Waals surface area contributed by atoms with Crippen molar-refractivity contribution >= 4 is 28.9 Å². The molecule has 0 spiro atoms. The molecule has 5 heteroatoms. The largest absolute Gasteiger partial charge is 0.351 e. The van der Waals surface area contributed by atoms with Gasteiger partial charge in [-0.2, -0.15) is 0 Å². The normalized spacial score (nSPS) is 16.3. The number of nitrogens with one attached hydrogen (secondary N) is 1. The molecule has 1 aromatic carbocycles. The van der Waals surface area contributed by atoms with E-state index in [1.807, 2.05) is 44.2 Å². The molecule has 0 aliphatic carbocycles. The Kier molecular flexibility index (Phi) is 3.33. The summed E-state index contributed by atoms with van der Waals surface area (Å²) in [4.78, 5) is 18.5. The Hall–Kier alpha value is -2.07. The van der Waals surface area contributed by atoms with Gasteiger partial charge in [0.2, 0.25) is 5.91 Å². The lowest BCUT2D eigenvalue weighted by molar-refractivity contribution is -0.120. The van der Waals surface area contributed by atoms with Crippen LogP contribution in [0, 0.1) is 0 Å². The van der Waals surface area contributed by atoms with E-state index in [2.05, 4.69) is 15.2 Å². The van der Waals surface area contributed by atoms with E-state index in [9.17, 15) is 4.79 Å². The van der Waals surface area contributed by atoms with Gasteiger partial charge in [0.25, 0.3) is 0 Å². The number of aromatic nitrogens is 1. The molecule has 1 aliphatic rings. The molecular formula is C16H16ClN3O. The molecule has 1 N–H and O–H groups in total. The molecule has 4 nitrogen and oxygen atoms in total. The van der Waals surface area contributed by atoms with Gasteiger partial charge in [0, 0.05) is 12.6 Å². The van der Waals surface area contributed by atoms with Gasteiger partial charge in [-0.15, -0.1) is 0 Å². The van der Waals surface area contributed by atoms with E-state index < -0.39 is 5.54 Å². The SMILES string of the molecule is CC1(C)C(=O)Nc2cnc(Cl)cc2N1Cc1ccccc1. The maximum absolute atomic E-state index is 12.4. The molecule has 21 heavy (non-hydrogen) atoms. The predicted octanol–water partition coefficient (Wildman–Crippen LogP) is 3.47. The minimum absolute atomic E-state index is 0.0462. The topological polar surface area (TPSA) is 45.2 Å². The molecule has 1 aromatic heterocycles. The highest BCUT2D eigenvalue weighted by Gasteiger charge is 2.40. The van der Waals surface area contributed by atoms with Crippen molar-refractivity contribution in [2.24, 2.45) is 0 Å². The van der Waals surface area contributed by atoms with Crippen molar-refractivity contribution in [1.29, 1.82) is 0 Å². The summed E-state index contributed by atoms with van der Waals surface area (Å²) in [5.41, 5.74) is 2.07. The van der Waals surface area contributed by atoms with Crippen LogP contribution < -0.4 is 10.2 Å². The molecule has 0 saturated carbocycles. The molecule has 0 unspecified atom stereocenters. The fourth-order valence-corrected chi connectivity index (χ4v) is 2.64. The first-order valence-corrected chi connectivity index (χ1v) is 7.15. The second kappa shape index (κ2) is 5.04. The molecule has 0 atom stereocenters. The molecule has 0 radical (unpaired) electrons. The van der Waals surface area contributed by atoms with E-state index >= 15 is 0 Å². The van der Waals surface area contributed by atoms with Crippen LogP contribution in [0.5, 0.6) is 0 Å². The zero-order chi connectivity index (χ0) is 15.0. The average molecular weight is 302 g/mol. The maximum Gasteiger partial charge on any atom is 0.249 e. The second-order valence-electron chi connectivity index (χ2n) is 5.61. The van der Waals surface area contributed by atoms with Crippen LogP contribution in [0.1, 0.15) is 19.4 Å². The third-order valence-corrected chi connectivity index (χ3v) is 4.01. The monoisotopic (exact) mass is 301 g/mol. The Morgan fingerprint density at radius 1 is 1.29 bits per heavy atom. The first kappa shape index (κ1) is 13.9. The number of hydrogen-bond donors (Lipinski definition) is 1. The van der Waals surface area contributed by atoms with Crippen molar-refractivity contribution in [3.8, 4) is 0 Å². The predicted molar refractivity (Wildman–Crippen MR) is 84.6 cm³/mol.